The number of hydrogen-bond donors (Lipinski definition) is 1. The van der Waals surface area contributed by atoms with Crippen LogP contribution in [-0.4, -0.2) is 27.7 Å². The summed E-state index contributed by atoms with van der Waals surface area (Å²) in [6.07, 6.45) is 1.78. The van der Waals surface area contributed by atoms with Crippen LogP contribution in [-0.2, 0) is 0 Å². The van der Waals surface area contributed by atoms with Gasteiger partial charge in [0.25, 0.3) is 5.56 Å². The predicted molar refractivity (Wildman–Crippen MR) is 74.8 cm³/mol. The summed E-state index contributed by atoms with van der Waals surface area (Å²) >= 11 is 1.27. The molecule has 0 saturated carbocycles. The van der Waals surface area contributed by atoms with Crippen molar-refractivity contribution in [2.75, 3.05) is 18.7 Å². The van der Waals surface area contributed by atoms with Crippen LogP contribution in [0.3, 0.4) is 0 Å². The van der Waals surface area contributed by atoms with E-state index in [0.29, 0.717) is 17.3 Å². The molecule has 0 atom stereocenters. The van der Waals surface area contributed by atoms with Crippen molar-refractivity contribution >= 4 is 11.8 Å². The molecule has 2 N–H and O–H groups in total. The molecule has 0 bridgehead atoms. The van der Waals surface area contributed by atoms with Crippen LogP contribution in [0.2, 0.25) is 0 Å². The van der Waals surface area contributed by atoms with Crippen LogP contribution in [0, 0.1) is 0 Å². The van der Waals surface area contributed by atoms with E-state index in [4.69, 9.17) is 10.6 Å². The Bertz CT molecular complexity index is 625. The van der Waals surface area contributed by atoms with Crippen molar-refractivity contribution in [3.63, 3.8) is 0 Å². The lowest BCUT2D eigenvalue weighted by Crippen LogP contribution is -2.31. The number of nitrogens with two attached hydrogens (primary N) is 1. The first-order chi connectivity index (χ1) is 9.17. The summed E-state index contributed by atoms with van der Waals surface area (Å²) in [5, 5.41) is 8.22. The molecule has 1 aromatic carbocycles. The Hall–Kier alpha value is -2.02. The van der Waals surface area contributed by atoms with Gasteiger partial charge in [0.2, 0.25) is 5.16 Å². The Morgan fingerprint density at radius 3 is 2.58 bits per heavy atom. The molecule has 0 aliphatic carbocycles. The van der Waals surface area contributed by atoms with Gasteiger partial charge in [0.15, 0.2) is 5.69 Å². The van der Waals surface area contributed by atoms with Gasteiger partial charge in [0, 0.05) is 5.56 Å². The highest BCUT2D eigenvalue weighted by Gasteiger charge is 2.11. The molecule has 0 fully saturated rings. The van der Waals surface area contributed by atoms with E-state index in [0.717, 1.165) is 10.4 Å². The molecule has 2 aromatic rings. The van der Waals surface area contributed by atoms with Gasteiger partial charge in [-0.25, -0.2) is 0 Å². The highest BCUT2D eigenvalue weighted by molar-refractivity contribution is 7.98. The zero-order valence-electron chi connectivity index (χ0n) is 10.7. The second-order valence-electron chi connectivity index (χ2n) is 3.67. The highest BCUT2D eigenvalue weighted by atomic mass is 32.2. The van der Waals surface area contributed by atoms with Crippen LogP contribution < -0.4 is 16.1 Å². The Balaban J connectivity index is 2.42. The van der Waals surface area contributed by atoms with Gasteiger partial charge in [0.1, 0.15) is 5.75 Å². The second kappa shape index (κ2) is 5.75. The van der Waals surface area contributed by atoms with Gasteiger partial charge in [-0.15, -0.1) is 10.2 Å². The van der Waals surface area contributed by atoms with Crippen molar-refractivity contribution < 1.29 is 4.74 Å². The number of rotatable bonds is 4. The Kier molecular flexibility index (Phi) is 4.06. The fourth-order valence-electron chi connectivity index (χ4n) is 1.58. The van der Waals surface area contributed by atoms with E-state index in [2.05, 4.69) is 10.2 Å². The van der Waals surface area contributed by atoms with E-state index in [9.17, 15) is 4.79 Å². The van der Waals surface area contributed by atoms with Gasteiger partial charge in [-0.2, -0.15) is 4.68 Å². The molecule has 0 radical (unpaired) electrons. The number of nitrogen functional groups attached to an aromatic ring is 1. The molecule has 6 nitrogen and oxygen atoms in total. The minimum atomic E-state index is -0.372. The monoisotopic (exact) mass is 278 g/mol. The zero-order chi connectivity index (χ0) is 13.8. The van der Waals surface area contributed by atoms with E-state index in [-0.39, 0.29) is 11.3 Å². The molecule has 7 heteroatoms. The van der Waals surface area contributed by atoms with Crippen molar-refractivity contribution in [1.82, 2.24) is 14.9 Å². The minimum Gasteiger partial charge on any atom is -0.494 e. The standard InChI is InChI=1S/C12H14N4O2S/c1-3-18-9-6-4-8(5-7-9)10-11(17)16(13)12(19-2)15-14-10/h4-7H,3,13H2,1-2H3. The van der Waals surface area contributed by atoms with Gasteiger partial charge < -0.3 is 10.6 Å². The summed E-state index contributed by atoms with van der Waals surface area (Å²) < 4.78 is 6.34. The van der Waals surface area contributed by atoms with Crippen molar-refractivity contribution in [2.24, 2.45) is 0 Å². The molecule has 0 amide bonds. The van der Waals surface area contributed by atoms with E-state index in [1.807, 2.05) is 6.92 Å². The van der Waals surface area contributed by atoms with E-state index in [1.54, 1.807) is 30.5 Å². The molecule has 0 unspecified atom stereocenters. The Morgan fingerprint density at radius 2 is 2.00 bits per heavy atom. The molecular weight excluding hydrogens is 264 g/mol. The van der Waals surface area contributed by atoms with Crippen LogP contribution in [0.4, 0.5) is 0 Å². The SMILES string of the molecule is CCOc1ccc(-c2nnc(SC)n(N)c2=O)cc1. The number of ether oxygens (including phenoxy) is 1. The largest absolute Gasteiger partial charge is 0.494 e. The molecule has 0 aliphatic heterocycles. The molecule has 19 heavy (non-hydrogen) atoms. The fourth-order valence-corrected chi connectivity index (χ4v) is 1.98. The van der Waals surface area contributed by atoms with E-state index in [1.165, 1.54) is 11.8 Å². The number of benzene rings is 1. The van der Waals surface area contributed by atoms with E-state index < -0.39 is 0 Å². The number of thioether (sulfide) groups is 1. The lowest BCUT2D eigenvalue weighted by Gasteiger charge is -2.06. The van der Waals surface area contributed by atoms with Crippen LogP contribution >= 0.6 is 11.8 Å². The van der Waals surface area contributed by atoms with Crippen LogP contribution in [0.1, 0.15) is 6.92 Å². The number of aromatic nitrogens is 3. The molecular formula is C12H14N4O2S. The smallest absolute Gasteiger partial charge is 0.299 e. The third-order valence-electron chi connectivity index (χ3n) is 2.48. The highest BCUT2D eigenvalue weighted by Crippen LogP contribution is 2.18. The summed E-state index contributed by atoms with van der Waals surface area (Å²) in [7, 11) is 0. The minimum absolute atomic E-state index is 0.225. The summed E-state index contributed by atoms with van der Waals surface area (Å²) in [5.74, 6) is 6.41. The summed E-state index contributed by atoms with van der Waals surface area (Å²) in [5.41, 5.74) is 0.514. The summed E-state index contributed by atoms with van der Waals surface area (Å²) in [4.78, 5) is 12.1. The second-order valence-corrected chi connectivity index (χ2v) is 4.44. The Labute approximate surface area is 114 Å². The molecule has 0 spiro atoms. The molecule has 1 heterocycles. The van der Waals surface area contributed by atoms with Crippen molar-refractivity contribution in [3.8, 4) is 17.0 Å². The summed E-state index contributed by atoms with van der Waals surface area (Å²) in [6.45, 7) is 2.50. The first-order valence-corrected chi connectivity index (χ1v) is 6.92. The van der Waals surface area contributed by atoms with Gasteiger partial charge in [-0.1, -0.05) is 11.8 Å². The predicted octanol–water partition coefficient (Wildman–Crippen LogP) is 1.14. The van der Waals surface area contributed by atoms with Crippen molar-refractivity contribution in [3.05, 3.63) is 34.6 Å². The molecule has 0 saturated heterocycles. The fraction of sp³-hybridized carbons (Fsp3) is 0.250. The van der Waals surface area contributed by atoms with Crippen LogP contribution in [0.5, 0.6) is 5.75 Å². The topological polar surface area (TPSA) is 83.0 Å². The average Bonchev–Trinajstić information content (AvgIpc) is 2.43. The molecule has 2 rings (SSSR count). The number of hydrogen-bond acceptors (Lipinski definition) is 6. The van der Waals surface area contributed by atoms with Crippen molar-refractivity contribution in [2.45, 2.75) is 12.1 Å². The first-order valence-electron chi connectivity index (χ1n) is 5.69. The van der Waals surface area contributed by atoms with Gasteiger partial charge in [-0.3, -0.25) is 4.79 Å². The zero-order valence-corrected chi connectivity index (χ0v) is 11.5. The molecule has 100 valence electrons. The summed E-state index contributed by atoms with van der Waals surface area (Å²) in [6, 6.07) is 7.08. The average molecular weight is 278 g/mol. The third kappa shape index (κ3) is 2.70. The Morgan fingerprint density at radius 1 is 1.32 bits per heavy atom. The molecule has 1 aromatic heterocycles. The molecule has 0 aliphatic rings. The van der Waals surface area contributed by atoms with Crippen LogP contribution in [0.15, 0.2) is 34.2 Å². The first kappa shape index (κ1) is 13.4. The lowest BCUT2D eigenvalue weighted by molar-refractivity contribution is 0.340. The maximum absolute atomic E-state index is 12.1. The third-order valence-corrected chi connectivity index (χ3v) is 3.13. The number of nitrogens with zero attached hydrogens (tertiary/aromatic N) is 3. The van der Waals surface area contributed by atoms with Gasteiger partial charge in [-0.05, 0) is 37.4 Å². The van der Waals surface area contributed by atoms with Crippen molar-refractivity contribution in [1.29, 1.82) is 0 Å². The maximum Gasteiger partial charge on any atom is 0.299 e. The van der Waals surface area contributed by atoms with Gasteiger partial charge >= 0.3 is 0 Å². The van der Waals surface area contributed by atoms with Crippen LogP contribution in [0.25, 0.3) is 11.3 Å². The van der Waals surface area contributed by atoms with Gasteiger partial charge in [0.05, 0.1) is 6.61 Å². The normalized spacial score (nSPS) is 10.4. The quantitative estimate of drug-likeness (QED) is 0.667. The lowest BCUT2D eigenvalue weighted by atomic mass is 10.1. The maximum atomic E-state index is 12.1. The van der Waals surface area contributed by atoms with E-state index >= 15 is 0 Å².